The van der Waals surface area contributed by atoms with Crippen molar-refractivity contribution in [2.75, 3.05) is 30.3 Å². The zero-order chi connectivity index (χ0) is 26.7. The molecule has 0 unspecified atom stereocenters. The van der Waals surface area contributed by atoms with Crippen LogP contribution < -0.4 is 14.4 Å². The molecule has 0 spiro atoms. The number of rotatable bonds is 14. The number of carbonyl (C=O) groups excluding carboxylic acids is 2. The maximum absolute atomic E-state index is 13.4. The summed E-state index contributed by atoms with van der Waals surface area (Å²) in [7, 11) is -3.55. The number of hydrogen-bond donors (Lipinski definition) is 1. The number of nitrogens with zero attached hydrogens (tertiary/aromatic N) is 2. The molecule has 0 radical (unpaired) electrons. The highest BCUT2D eigenvalue weighted by molar-refractivity contribution is 7.92. The Bertz CT molecular complexity index is 1100. The van der Waals surface area contributed by atoms with Crippen LogP contribution in [0.15, 0.2) is 48.5 Å². The average molecular weight is 518 g/mol. The fourth-order valence-electron chi connectivity index (χ4n) is 4.06. The summed E-state index contributed by atoms with van der Waals surface area (Å²) in [6.07, 6.45) is 2.06. The molecule has 0 bridgehead atoms. The Hall–Kier alpha value is -3.07. The first-order valence-electron chi connectivity index (χ1n) is 12.4. The Morgan fingerprint density at radius 1 is 1.03 bits per heavy atom. The minimum Gasteiger partial charge on any atom is -0.494 e. The summed E-state index contributed by atoms with van der Waals surface area (Å²) in [5, 5.41) is 2.83. The van der Waals surface area contributed by atoms with E-state index >= 15 is 0 Å². The molecule has 2 aromatic carbocycles. The van der Waals surface area contributed by atoms with E-state index in [1.807, 2.05) is 52.0 Å². The summed E-state index contributed by atoms with van der Waals surface area (Å²) in [6, 6.07) is 14.0. The van der Waals surface area contributed by atoms with E-state index in [1.54, 1.807) is 29.2 Å². The number of amides is 2. The van der Waals surface area contributed by atoms with E-state index in [4.69, 9.17) is 4.74 Å². The SMILES string of the molecule is CCNC(=O)[C@H](CC)N(Cc1ccccc1C)C(=O)CCCN(c1ccc(OCC)cc1)S(C)(=O)=O. The summed E-state index contributed by atoms with van der Waals surface area (Å²) in [5.41, 5.74) is 2.53. The second-order valence-electron chi connectivity index (χ2n) is 8.63. The van der Waals surface area contributed by atoms with Gasteiger partial charge in [-0.3, -0.25) is 13.9 Å². The Morgan fingerprint density at radius 3 is 2.25 bits per heavy atom. The summed E-state index contributed by atoms with van der Waals surface area (Å²) < 4.78 is 31.7. The van der Waals surface area contributed by atoms with Crippen molar-refractivity contribution in [1.82, 2.24) is 10.2 Å². The lowest BCUT2D eigenvalue weighted by Gasteiger charge is -2.31. The van der Waals surface area contributed by atoms with Crippen molar-refractivity contribution in [3.05, 3.63) is 59.7 Å². The highest BCUT2D eigenvalue weighted by atomic mass is 32.2. The van der Waals surface area contributed by atoms with Crippen molar-refractivity contribution in [2.45, 2.75) is 59.5 Å². The first-order valence-corrected chi connectivity index (χ1v) is 14.3. The fraction of sp³-hybridized carbons (Fsp3) is 0.481. The molecule has 2 amide bonds. The minimum absolute atomic E-state index is 0.116. The third-order valence-electron chi connectivity index (χ3n) is 5.93. The molecule has 1 N–H and O–H groups in total. The van der Waals surface area contributed by atoms with Gasteiger partial charge >= 0.3 is 0 Å². The van der Waals surface area contributed by atoms with Gasteiger partial charge < -0.3 is 15.0 Å². The van der Waals surface area contributed by atoms with Gasteiger partial charge in [-0.2, -0.15) is 0 Å². The highest BCUT2D eigenvalue weighted by Gasteiger charge is 2.28. The zero-order valence-electron chi connectivity index (χ0n) is 22.0. The van der Waals surface area contributed by atoms with Crippen LogP contribution >= 0.6 is 0 Å². The number of anilines is 1. The fourth-order valence-corrected chi connectivity index (χ4v) is 5.03. The number of sulfonamides is 1. The van der Waals surface area contributed by atoms with E-state index in [9.17, 15) is 18.0 Å². The van der Waals surface area contributed by atoms with Crippen molar-refractivity contribution < 1.29 is 22.7 Å². The second-order valence-corrected chi connectivity index (χ2v) is 10.5. The van der Waals surface area contributed by atoms with Crippen LogP contribution in [0.4, 0.5) is 5.69 Å². The average Bonchev–Trinajstić information content (AvgIpc) is 2.83. The van der Waals surface area contributed by atoms with Crippen LogP contribution in [0.25, 0.3) is 0 Å². The van der Waals surface area contributed by atoms with Gasteiger partial charge in [0.2, 0.25) is 21.8 Å². The topological polar surface area (TPSA) is 96.0 Å². The maximum atomic E-state index is 13.4. The standard InChI is InChI=1S/C27H39N3O5S/c1-6-25(27(32)28-7-2)29(20-22-13-10-9-12-21(22)4)26(31)14-11-19-30(36(5,33)34)23-15-17-24(18-16-23)35-8-3/h9-10,12-13,15-18,25H,6-8,11,14,19-20H2,1-5H3,(H,28,32)/t25-/m0/s1. The van der Waals surface area contributed by atoms with E-state index in [0.29, 0.717) is 44.0 Å². The first-order chi connectivity index (χ1) is 17.1. The molecule has 2 aromatic rings. The molecule has 2 rings (SSSR count). The van der Waals surface area contributed by atoms with Crippen molar-refractivity contribution in [3.8, 4) is 5.75 Å². The van der Waals surface area contributed by atoms with Gasteiger partial charge in [-0.1, -0.05) is 31.2 Å². The van der Waals surface area contributed by atoms with Crippen LogP contribution in [-0.4, -0.2) is 57.1 Å². The van der Waals surface area contributed by atoms with Crippen molar-refractivity contribution in [1.29, 1.82) is 0 Å². The molecule has 0 fully saturated rings. The van der Waals surface area contributed by atoms with E-state index in [1.165, 1.54) is 4.31 Å². The summed E-state index contributed by atoms with van der Waals surface area (Å²) in [4.78, 5) is 27.8. The number of aryl methyl sites for hydroxylation is 1. The molecular weight excluding hydrogens is 478 g/mol. The van der Waals surface area contributed by atoms with Crippen LogP contribution in [0.2, 0.25) is 0 Å². The summed E-state index contributed by atoms with van der Waals surface area (Å²) in [6.45, 7) is 9.05. The lowest BCUT2D eigenvalue weighted by atomic mass is 10.1. The highest BCUT2D eigenvalue weighted by Crippen LogP contribution is 2.23. The van der Waals surface area contributed by atoms with E-state index in [-0.39, 0.29) is 24.8 Å². The molecule has 0 saturated carbocycles. The van der Waals surface area contributed by atoms with Crippen LogP contribution in [0.1, 0.15) is 51.2 Å². The van der Waals surface area contributed by atoms with Crippen LogP contribution in [0.5, 0.6) is 5.75 Å². The molecule has 8 nitrogen and oxygen atoms in total. The van der Waals surface area contributed by atoms with Gasteiger partial charge in [0.05, 0.1) is 18.6 Å². The van der Waals surface area contributed by atoms with Crippen LogP contribution in [-0.2, 0) is 26.2 Å². The number of hydrogen-bond acceptors (Lipinski definition) is 5. The molecule has 0 aliphatic carbocycles. The monoisotopic (exact) mass is 517 g/mol. The number of benzene rings is 2. The Labute approximate surface area is 215 Å². The minimum atomic E-state index is -3.55. The molecule has 0 aliphatic rings. The quantitative estimate of drug-likeness (QED) is 0.410. The largest absolute Gasteiger partial charge is 0.494 e. The molecule has 198 valence electrons. The molecule has 0 aliphatic heterocycles. The zero-order valence-corrected chi connectivity index (χ0v) is 22.8. The van der Waals surface area contributed by atoms with Crippen molar-refractivity contribution >= 4 is 27.5 Å². The van der Waals surface area contributed by atoms with Crippen molar-refractivity contribution in [3.63, 3.8) is 0 Å². The first kappa shape index (κ1) is 29.2. The van der Waals surface area contributed by atoms with Gasteiger partial charge in [0.1, 0.15) is 11.8 Å². The number of ether oxygens (including phenoxy) is 1. The van der Waals surface area contributed by atoms with Crippen LogP contribution in [0.3, 0.4) is 0 Å². The third kappa shape index (κ3) is 8.26. The molecule has 0 saturated heterocycles. The van der Waals surface area contributed by atoms with Gasteiger partial charge in [-0.25, -0.2) is 8.42 Å². The third-order valence-corrected chi connectivity index (χ3v) is 7.12. The summed E-state index contributed by atoms with van der Waals surface area (Å²) in [5.74, 6) is 0.290. The smallest absolute Gasteiger partial charge is 0.242 e. The Morgan fingerprint density at radius 2 is 1.69 bits per heavy atom. The molecule has 0 heterocycles. The molecular formula is C27H39N3O5S. The van der Waals surface area contributed by atoms with Crippen LogP contribution in [0, 0.1) is 6.92 Å². The van der Waals surface area contributed by atoms with Gasteiger partial charge in [-0.05, 0) is 69.0 Å². The number of likely N-dealkylation sites (N-methyl/N-ethyl adjacent to an activating group) is 1. The van der Waals surface area contributed by atoms with Crippen molar-refractivity contribution in [2.24, 2.45) is 0 Å². The van der Waals surface area contributed by atoms with Gasteiger partial charge in [0.25, 0.3) is 0 Å². The number of carbonyl (C=O) groups is 2. The van der Waals surface area contributed by atoms with Gasteiger partial charge in [-0.15, -0.1) is 0 Å². The molecule has 9 heteroatoms. The molecule has 1 atom stereocenters. The molecule has 36 heavy (non-hydrogen) atoms. The van der Waals surface area contributed by atoms with E-state index in [2.05, 4.69) is 5.32 Å². The number of nitrogens with one attached hydrogen (secondary N) is 1. The van der Waals surface area contributed by atoms with E-state index in [0.717, 1.165) is 17.4 Å². The second kappa shape index (κ2) is 13.9. The molecule has 0 aromatic heterocycles. The predicted molar refractivity (Wildman–Crippen MR) is 144 cm³/mol. The predicted octanol–water partition coefficient (Wildman–Crippen LogP) is 3.88. The maximum Gasteiger partial charge on any atom is 0.242 e. The lowest BCUT2D eigenvalue weighted by molar-refractivity contribution is -0.141. The summed E-state index contributed by atoms with van der Waals surface area (Å²) >= 11 is 0. The normalized spacial score (nSPS) is 12.0. The Kier molecular flexibility index (Phi) is 11.2. The lowest BCUT2D eigenvalue weighted by Crippen LogP contribution is -2.49. The van der Waals surface area contributed by atoms with E-state index < -0.39 is 16.1 Å². The van der Waals surface area contributed by atoms with Gasteiger partial charge in [0.15, 0.2) is 0 Å². The Balaban J connectivity index is 2.19. The van der Waals surface area contributed by atoms with Gasteiger partial charge in [0, 0.05) is 26.1 Å².